The third kappa shape index (κ3) is 10.4. The van der Waals surface area contributed by atoms with Crippen LogP contribution in [0.2, 0.25) is 5.02 Å². The molecule has 0 aliphatic carbocycles. The Bertz CT molecular complexity index is 1650. The number of benzene rings is 2. The highest BCUT2D eigenvalue weighted by Crippen LogP contribution is 2.44. The van der Waals surface area contributed by atoms with E-state index in [2.05, 4.69) is 36.8 Å². The minimum Gasteiger partial charge on any atom is -0.343 e. The largest absolute Gasteiger partial charge is 0.446 e. The fourth-order valence-electron chi connectivity index (χ4n) is 4.69. The van der Waals surface area contributed by atoms with E-state index in [1.807, 2.05) is 71.1 Å². The van der Waals surface area contributed by atoms with Crippen LogP contribution in [-0.4, -0.2) is 26.1 Å². The van der Waals surface area contributed by atoms with Crippen molar-refractivity contribution in [3.63, 3.8) is 0 Å². The average molecular weight is 664 g/mol. The van der Waals surface area contributed by atoms with Crippen molar-refractivity contribution in [1.82, 2.24) is 14.5 Å². The molecule has 0 saturated heterocycles. The zero-order chi connectivity index (χ0) is 33.9. The van der Waals surface area contributed by atoms with E-state index in [-0.39, 0.29) is 50.3 Å². The van der Waals surface area contributed by atoms with Crippen LogP contribution in [-0.2, 0) is 17.3 Å². The number of nitrogens with one attached hydrogen (secondary N) is 1. The molecule has 0 unspecified atom stereocenters. The molecule has 11 heteroatoms. The van der Waals surface area contributed by atoms with E-state index in [9.17, 15) is 18.0 Å². The Morgan fingerprint density at radius 2 is 1.60 bits per heavy atom. The smallest absolute Gasteiger partial charge is 0.343 e. The molecule has 4 rings (SSSR count). The van der Waals surface area contributed by atoms with Gasteiger partial charge >= 0.3 is 11.2 Å². The molecule has 2 aromatic heterocycles. The van der Waals surface area contributed by atoms with Crippen molar-refractivity contribution in [1.29, 1.82) is 0 Å². The number of hydrogen-bond donors (Lipinski definition) is 3. The Morgan fingerprint density at radius 1 is 0.978 bits per heavy atom. The molecule has 0 fully saturated rings. The van der Waals surface area contributed by atoms with Crippen LogP contribution in [0.3, 0.4) is 0 Å². The fraction of sp³-hybridized carbons (Fsp3) is 0.471. The van der Waals surface area contributed by atoms with Crippen molar-refractivity contribution in [2.45, 2.75) is 108 Å². The summed E-state index contributed by atoms with van der Waals surface area (Å²) in [6.07, 6.45) is 4.22. The summed E-state index contributed by atoms with van der Waals surface area (Å²) in [6, 6.07) is 13.3. The Hall–Kier alpha value is -2.79. The zero-order valence-electron chi connectivity index (χ0n) is 27.3. The minimum atomic E-state index is -4.34. The van der Waals surface area contributed by atoms with E-state index < -0.39 is 5.51 Å². The predicted octanol–water partition coefficient (Wildman–Crippen LogP) is 8.95. The Balaban J connectivity index is 0.000000246. The van der Waals surface area contributed by atoms with Crippen molar-refractivity contribution in [3.05, 3.63) is 86.6 Å². The van der Waals surface area contributed by atoms with Gasteiger partial charge in [-0.15, -0.1) is 0 Å². The van der Waals surface area contributed by atoms with E-state index in [0.717, 1.165) is 46.3 Å². The fourth-order valence-corrected chi connectivity index (χ4v) is 5.86. The van der Waals surface area contributed by atoms with Gasteiger partial charge in [0, 0.05) is 39.7 Å². The van der Waals surface area contributed by atoms with Gasteiger partial charge in [-0.1, -0.05) is 71.3 Å². The molecule has 0 aliphatic heterocycles. The van der Waals surface area contributed by atoms with E-state index >= 15 is 0 Å². The van der Waals surface area contributed by atoms with Crippen LogP contribution in [0, 0.1) is 0 Å². The normalized spacial score (nSPS) is 13.8. The first-order chi connectivity index (χ1) is 20.7. The molecule has 0 saturated carbocycles. The molecule has 2 aromatic carbocycles. The van der Waals surface area contributed by atoms with Crippen LogP contribution in [0.25, 0.3) is 16.7 Å². The first-order valence-corrected chi connectivity index (χ1v) is 16.2. The molecular weight excluding hydrogens is 619 g/mol. The quantitative estimate of drug-likeness (QED) is 0.171. The maximum absolute atomic E-state index is 12.7. The van der Waals surface area contributed by atoms with Crippen LogP contribution in [0.5, 0.6) is 0 Å². The Morgan fingerprint density at radius 3 is 2.11 bits per heavy atom. The van der Waals surface area contributed by atoms with Gasteiger partial charge in [0.2, 0.25) is 0 Å². The number of rotatable bonds is 7. The Labute approximate surface area is 273 Å². The maximum Gasteiger partial charge on any atom is 0.446 e. The molecule has 0 radical (unpaired) electrons. The number of nitrogens with zero attached hydrogens (tertiary/aromatic N) is 2. The first kappa shape index (κ1) is 36.7. The van der Waals surface area contributed by atoms with Crippen molar-refractivity contribution in [2.75, 3.05) is 0 Å². The number of H-pyrrole nitrogens is 1. The molecule has 45 heavy (non-hydrogen) atoms. The molecule has 0 aliphatic rings. The standard InChI is InChI=1S/C18H22N4O.C16H23ClF3NS/c1-11(19)12-5-7-14(8-6-12)22-10-13-9-15(18(2,3)4)20-16(13)21-17(22)23;1-10(21)6-5-7-11-8-12(15(2,3)4)14(17)13(9-11)22-16(18,19)20/h5-11H,19H2,1-4H3,(H,20,21,23);8-10H,5-7,21H2,1-4H3/t11-;10-/m00/s1. The lowest BCUT2D eigenvalue weighted by Gasteiger charge is -2.24. The van der Waals surface area contributed by atoms with Crippen molar-refractivity contribution in [3.8, 4) is 5.69 Å². The van der Waals surface area contributed by atoms with E-state index in [4.69, 9.17) is 23.1 Å². The minimum absolute atomic E-state index is 0.0203. The number of thioether (sulfide) groups is 1. The molecule has 0 spiro atoms. The van der Waals surface area contributed by atoms with Gasteiger partial charge in [-0.2, -0.15) is 18.2 Å². The predicted molar refractivity (Wildman–Crippen MR) is 182 cm³/mol. The first-order valence-electron chi connectivity index (χ1n) is 15.0. The van der Waals surface area contributed by atoms with Crippen molar-refractivity contribution in [2.24, 2.45) is 11.5 Å². The highest BCUT2D eigenvalue weighted by atomic mass is 35.5. The van der Waals surface area contributed by atoms with Gasteiger partial charge in [0.05, 0.1) is 10.7 Å². The van der Waals surface area contributed by atoms with E-state index in [1.54, 1.807) is 10.6 Å². The monoisotopic (exact) mass is 663 g/mol. The van der Waals surface area contributed by atoms with Crippen LogP contribution in [0.15, 0.2) is 58.4 Å². The van der Waals surface area contributed by atoms with Gasteiger partial charge in [0.25, 0.3) is 0 Å². The molecular formula is C34H45ClF3N5OS. The summed E-state index contributed by atoms with van der Waals surface area (Å²) in [6.45, 7) is 16.1. The van der Waals surface area contributed by atoms with Gasteiger partial charge in [-0.05, 0) is 91.2 Å². The maximum atomic E-state index is 12.7. The summed E-state index contributed by atoms with van der Waals surface area (Å²) >= 11 is 6.07. The second kappa shape index (κ2) is 14.3. The third-order valence-corrected chi connectivity index (χ3v) is 8.56. The zero-order valence-corrected chi connectivity index (χ0v) is 28.8. The Kier molecular flexibility index (Phi) is 11.7. The number of alkyl halides is 3. The van der Waals surface area contributed by atoms with Crippen LogP contribution in [0.4, 0.5) is 13.2 Å². The van der Waals surface area contributed by atoms with Gasteiger partial charge in [0.1, 0.15) is 5.65 Å². The van der Waals surface area contributed by atoms with Crippen LogP contribution < -0.4 is 17.2 Å². The molecule has 2 atom stereocenters. The van der Waals surface area contributed by atoms with Gasteiger partial charge in [0.15, 0.2) is 0 Å². The van der Waals surface area contributed by atoms with Gasteiger partial charge in [-0.3, -0.25) is 4.57 Å². The molecule has 0 bridgehead atoms. The number of hydrogen-bond acceptors (Lipinski definition) is 5. The summed E-state index contributed by atoms with van der Waals surface area (Å²) in [5.74, 6) is 0. The number of aromatic amines is 1. The number of nitrogens with two attached hydrogens (primary N) is 2. The lowest BCUT2D eigenvalue weighted by Crippen LogP contribution is -2.20. The number of halogens is 4. The summed E-state index contributed by atoms with van der Waals surface area (Å²) in [7, 11) is 0. The second-order valence-electron chi connectivity index (χ2n) is 13.6. The van der Waals surface area contributed by atoms with Gasteiger partial charge < -0.3 is 16.5 Å². The SMILES string of the molecule is C[C@H](N)CCCc1cc(SC(F)(F)F)c(Cl)c(C(C)(C)C)c1.C[C@H](N)c1ccc(-n2cc3cc(C(C)(C)C)[nH]c3nc2=O)cc1. The summed E-state index contributed by atoms with van der Waals surface area (Å²) in [4.78, 5) is 19.8. The average Bonchev–Trinajstić information content (AvgIpc) is 3.32. The molecule has 4 aromatic rings. The molecule has 0 amide bonds. The topological polar surface area (TPSA) is 103 Å². The molecule has 246 valence electrons. The van der Waals surface area contributed by atoms with Crippen LogP contribution >= 0.6 is 23.4 Å². The van der Waals surface area contributed by atoms with Gasteiger partial charge in [-0.25, -0.2) is 4.79 Å². The summed E-state index contributed by atoms with van der Waals surface area (Å²) in [5.41, 5.74) is 11.7. The lowest BCUT2D eigenvalue weighted by atomic mass is 9.85. The molecule has 6 nitrogen and oxygen atoms in total. The summed E-state index contributed by atoms with van der Waals surface area (Å²) < 4.78 is 39.7. The summed E-state index contributed by atoms with van der Waals surface area (Å²) in [5, 5.41) is 1.12. The number of aromatic nitrogens is 3. The number of aryl methyl sites for hydroxylation is 1. The van der Waals surface area contributed by atoms with Crippen molar-refractivity contribution >= 4 is 34.4 Å². The highest BCUT2D eigenvalue weighted by Gasteiger charge is 2.32. The number of fused-ring (bicyclic) bond motifs is 1. The second-order valence-corrected chi connectivity index (χ2v) is 15.1. The van der Waals surface area contributed by atoms with Crippen LogP contribution in [0.1, 0.15) is 96.7 Å². The van der Waals surface area contributed by atoms with E-state index in [0.29, 0.717) is 12.1 Å². The van der Waals surface area contributed by atoms with E-state index in [1.165, 1.54) is 0 Å². The lowest BCUT2D eigenvalue weighted by molar-refractivity contribution is -0.0328. The third-order valence-electron chi connectivity index (χ3n) is 7.27. The highest BCUT2D eigenvalue weighted by molar-refractivity contribution is 8.00. The molecule has 5 N–H and O–H groups in total. The molecule has 2 heterocycles. The van der Waals surface area contributed by atoms with Crippen molar-refractivity contribution < 1.29 is 13.2 Å².